The van der Waals surface area contributed by atoms with E-state index < -0.39 is 0 Å². The van der Waals surface area contributed by atoms with Crippen molar-refractivity contribution in [2.45, 2.75) is 18.4 Å². The summed E-state index contributed by atoms with van der Waals surface area (Å²) in [5.74, 6) is 0.600. The van der Waals surface area contributed by atoms with Crippen LogP contribution in [0, 0.1) is 0 Å². The van der Waals surface area contributed by atoms with E-state index in [2.05, 4.69) is 0 Å². The van der Waals surface area contributed by atoms with Crippen LogP contribution < -0.4 is 4.74 Å². The molecule has 0 aromatic heterocycles. The van der Waals surface area contributed by atoms with Crippen molar-refractivity contribution in [2.75, 3.05) is 0 Å². The minimum absolute atomic E-state index is 0.117. The molecule has 2 aromatic rings. The Morgan fingerprint density at radius 3 is 2.68 bits per heavy atom. The van der Waals surface area contributed by atoms with E-state index in [0.29, 0.717) is 12.2 Å². The van der Waals surface area contributed by atoms with Gasteiger partial charge in [-0.15, -0.1) is 0 Å². The van der Waals surface area contributed by atoms with Gasteiger partial charge in [-0.25, -0.2) is 0 Å². The number of aldehydes is 1. The summed E-state index contributed by atoms with van der Waals surface area (Å²) in [6, 6.07) is 14.8. The monoisotopic (exact) mass is 254 g/mol. The maximum atomic E-state index is 11.3. The molecule has 96 valence electrons. The van der Waals surface area contributed by atoms with Gasteiger partial charge >= 0.3 is 0 Å². The molecular weight excluding hydrogens is 240 g/mol. The van der Waals surface area contributed by atoms with Crippen LogP contribution in [0.4, 0.5) is 0 Å². The van der Waals surface area contributed by atoms with Crippen LogP contribution in [0.2, 0.25) is 0 Å². The van der Waals surface area contributed by atoms with Crippen LogP contribution in [-0.2, 0) is 4.79 Å². The molecule has 0 radical (unpaired) electrons. The molecule has 0 spiro atoms. The number of rotatable bonds is 2. The van der Waals surface area contributed by atoms with E-state index in [1.807, 2.05) is 30.3 Å². The number of benzene rings is 2. The van der Waals surface area contributed by atoms with Gasteiger partial charge in [-0.3, -0.25) is 0 Å². The third-order valence-electron chi connectivity index (χ3n) is 3.47. The molecule has 0 aliphatic carbocycles. The molecule has 1 aliphatic rings. The first-order valence-electron chi connectivity index (χ1n) is 6.28. The van der Waals surface area contributed by atoms with Gasteiger partial charge in [0.05, 0.1) is 0 Å². The van der Waals surface area contributed by atoms with E-state index in [-0.39, 0.29) is 17.8 Å². The van der Waals surface area contributed by atoms with Gasteiger partial charge in [-0.05, 0) is 23.8 Å². The largest absolute Gasteiger partial charge is 0.508 e. The van der Waals surface area contributed by atoms with Gasteiger partial charge in [0.1, 0.15) is 23.9 Å². The minimum Gasteiger partial charge on any atom is -0.508 e. The Kier molecular flexibility index (Phi) is 2.95. The molecule has 3 rings (SSSR count). The van der Waals surface area contributed by atoms with Crippen molar-refractivity contribution in [3.8, 4) is 11.5 Å². The highest BCUT2D eigenvalue weighted by Crippen LogP contribution is 2.42. The van der Waals surface area contributed by atoms with Crippen molar-refractivity contribution in [1.82, 2.24) is 0 Å². The summed E-state index contributed by atoms with van der Waals surface area (Å²) in [6.07, 6.45) is 1.41. The van der Waals surface area contributed by atoms with Gasteiger partial charge in [0, 0.05) is 17.9 Å². The fourth-order valence-electron chi connectivity index (χ4n) is 2.49. The lowest BCUT2D eigenvalue weighted by Gasteiger charge is -2.30. The van der Waals surface area contributed by atoms with Gasteiger partial charge in [0.2, 0.25) is 0 Å². The van der Waals surface area contributed by atoms with E-state index in [9.17, 15) is 9.90 Å². The molecule has 0 saturated carbocycles. The molecule has 0 saturated heterocycles. The van der Waals surface area contributed by atoms with Gasteiger partial charge < -0.3 is 14.6 Å². The number of aromatic hydroxyl groups is 1. The van der Waals surface area contributed by atoms with Gasteiger partial charge in [0.15, 0.2) is 0 Å². The van der Waals surface area contributed by atoms with Gasteiger partial charge in [-0.2, -0.15) is 0 Å². The average molecular weight is 254 g/mol. The molecule has 3 heteroatoms. The second-order valence-corrected chi connectivity index (χ2v) is 4.72. The summed E-state index contributed by atoms with van der Waals surface area (Å²) in [4.78, 5) is 11.3. The van der Waals surface area contributed by atoms with E-state index in [1.165, 1.54) is 0 Å². The maximum absolute atomic E-state index is 11.3. The van der Waals surface area contributed by atoms with Crippen molar-refractivity contribution < 1.29 is 14.6 Å². The number of hydrogen-bond acceptors (Lipinski definition) is 3. The van der Waals surface area contributed by atoms with Crippen LogP contribution in [0.5, 0.6) is 11.5 Å². The lowest BCUT2D eigenvalue weighted by Crippen LogP contribution is -2.19. The molecule has 0 amide bonds. The summed E-state index contributed by atoms with van der Waals surface area (Å²) in [5.41, 5.74) is 1.83. The van der Waals surface area contributed by atoms with Gasteiger partial charge in [-0.1, -0.05) is 30.3 Å². The number of phenols is 1. The van der Waals surface area contributed by atoms with Crippen LogP contribution in [-0.4, -0.2) is 11.4 Å². The lowest BCUT2D eigenvalue weighted by atomic mass is 9.88. The summed E-state index contributed by atoms with van der Waals surface area (Å²) >= 11 is 0. The fourth-order valence-corrected chi connectivity index (χ4v) is 2.49. The number of fused-ring (bicyclic) bond motifs is 1. The zero-order valence-electron chi connectivity index (χ0n) is 10.3. The molecule has 1 N–H and O–H groups in total. The molecule has 2 aromatic carbocycles. The van der Waals surface area contributed by atoms with Crippen LogP contribution >= 0.6 is 0 Å². The predicted octanol–water partition coefficient (Wildman–Crippen LogP) is 3.20. The summed E-state index contributed by atoms with van der Waals surface area (Å²) in [5, 5.41) is 9.51. The maximum Gasteiger partial charge on any atom is 0.127 e. The normalized spacial score (nSPS) is 21.3. The molecule has 1 heterocycles. The zero-order chi connectivity index (χ0) is 13.2. The second-order valence-electron chi connectivity index (χ2n) is 4.72. The number of carbonyl (C=O) groups is 1. The van der Waals surface area contributed by atoms with E-state index in [1.54, 1.807) is 18.2 Å². The molecule has 19 heavy (non-hydrogen) atoms. The average Bonchev–Trinajstić information content (AvgIpc) is 2.47. The summed E-state index contributed by atoms with van der Waals surface area (Å²) in [7, 11) is 0. The van der Waals surface area contributed by atoms with Crippen LogP contribution in [0.3, 0.4) is 0 Å². The Hall–Kier alpha value is -2.29. The van der Waals surface area contributed by atoms with Crippen LogP contribution in [0.25, 0.3) is 0 Å². The van der Waals surface area contributed by atoms with E-state index in [4.69, 9.17) is 4.74 Å². The Bertz CT molecular complexity index is 592. The Labute approximate surface area is 111 Å². The minimum atomic E-state index is -0.235. The predicted molar refractivity (Wildman–Crippen MR) is 71.3 cm³/mol. The topological polar surface area (TPSA) is 46.5 Å². The smallest absolute Gasteiger partial charge is 0.127 e. The third-order valence-corrected chi connectivity index (χ3v) is 3.47. The number of hydrogen-bond donors (Lipinski definition) is 1. The highest BCUT2D eigenvalue weighted by atomic mass is 16.5. The lowest BCUT2D eigenvalue weighted by molar-refractivity contribution is -0.110. The Morgan fingerprint density at radius 2 is 1.95 bits per heavy atom. The Morgan fingerprint density at radius 1 is 1.16 bits per heavy atom. The number of ether oxygens (including phenoxy) is 1. The first-order chi connectivity index (χ1) is 9.28. The molecule has 2 atom stereocenters. The summed E-state index contributed by atoms with van der Waals surface area (Å²) in [6.45, 7) is 0. The SMILES string of the molecule is O=CC1CC(c2ccccc2)Oc2ccc(O)cc21. The van der Waals surface area contributed by atoms with Crippen LogP contribution in [0.15, 0.2) is 48.5 Å². The highest BCUT2D eigenvalue weighted by molar-refractivity contribution is 5.66. The van der Waals surface area contributed by atoms with Crippen molar-refractivity contribution in [2.24, 2.45) is 0 Å². The van der Waals surface area contributed by atoms with Crippen molar-refractivity contribution in [1.29, 1.82) is 0 Å². The highest BCUT2D eigenvalue weighted by Gasteiger charge is 2.29. The zero-order valence-corrected chi connectivity index (χ0v) is 10.3. The standard InChI is InChI=1S/C16H14O3/c17-10-12-8-16(11-4-2-1-3-5-11)19-15-7-6-13(18)9-14(12)15/h1-7,9-10,12,16,18H,8H2. The second kappa shape index (κ2) is 4.76. The molecule has 1 aliphatic heterocycles. The Balaban J connectivity index is 1.98. The fraction of sp³-hybridized carbons (Fsp3) is 0.188. The third kappa shape index (κ3) is 2.19. The first kappa shape index (κ1) is 11.8. The quantitative estimate of drug-likeness (QED) is 0.837. The number of phenolic OH excluding ortho intramolecular Hbond substituents is 1. The molecular formula is C16H14O3. The molecule has 0 fully saturated rings. The molecule has 2 unspecified atom stereocenters. The number of carbonyl (C=O) groups excluding carboxylic acids is 1. The molecule has 0 bridgehead atoms. The molecule has 3 nitrogen and oxygen atoms in total. The van der Waals surface area contributed by atoms with Crippen molar-refractivity contribution >= 4 is 6.29 Å². The summed E-state index contributed by atoms with van der Waals surface area (Å²) < 4.78 is 5.94. The van der Waals surface area contributed by atoms with Crippen molar-refractivity contribution in [3.05, 3.63) is 59.7 Å². The first-order valence-corrected chi connectivity index (χ1v) is 6.28. The van der Waals surface area contributed by atoms with E-state index >= 15 is 0 Å². The van der Waals surface area contributed by atoms with Crippen LogP contribution in [0.1, 0.15) is 29.6 Å². The van der Waals surface area contributed by atoms with Gasteiger partial charge in [0.25, 0.3) is 0 Å². The van der Waals surface area contributed by atoms with Crippen molar-refractivity contribution in [3.63, 3.8) is 0 Å². The van der Waals surface area contributed by atoms with E-state index in [0.717, 1.165) is 17.4 Å².